The van der Waals surface area contributed by atoms with E-state index < -0.39 is 11.8 Å². The molecule has 0 saturated heterocycles. The Labute approximate surface area is 117 Å². The van der Waals surface area contributed by atoms with Crippen molar-refractivity contribution in [3.63, 3.8) is 0 Å². The molecule has 0 bridgehead atoms. The second-order valence-corrected chi connectivity index (χ2v) is 4.52. The van der Waals surface area contributed by atoms with Gasteiger partial charge in [-0.05, 0) is 18.2 Å². The van der Waals surface area contributed by atoms with Crippen LogP contribution in [0.5, 0.6) is 0 Å². The number of anilines is 1. The smallest absolute Gasteiger partial charge is 0.338 e. The Balaban J connectivity index is 2.12. The number of halogens is 3. The number of carboxylic acids is 1. The Hall–Kier alpha value is -1.72. The number of aromatic carboxylic acids is 1. The van der Waals surface area contributed by atoms with Gasteiger partial charge in [-0.2, -0.15) is 0 Å². The van der Waals surface area contributed by atoms with Crippen LogP contribution in [0.1, 0.15) is 16.1 Å². The number of benzene rings is 1. The Kier molecular flexibility index (Phi) is 3.97. The first-order chi connectivity index (χ1) is 8.97. The van der Waals surface area contributed by atoms with Gasteiger partial charge in [0, 0.05) is 0 Å². The number of furan rings is 1. The van der Waals surface area contributed by atoms with E-state index in [0.29, 0.717) is 11.4 Å². The third-order valence-electron chi connectivity index (χ3n) is 2.35. The summed E-state index contributed by atoms with van der Waals surface area (Å²) in [6.45, 7) is 0.179. The van der Waals surface area contributed by atoms with Crippen LogP contribution < -0.4 is 5.32 Å². The highest BCUT2D eigenvalue weighted by Gasteiger charge is 2.11. The molecular weight excluding hydrogens is 296 g/mol. The predicted octanol–water partition coefficient (Wildman–Crippen LogP) is 4.04. The molecule has 0 aliphatic rings. The molecule has 1 aromatic carbocycles. The van der Waals surface area contributed by atoms with Crippen LogP contribution in [-0.4, -0.2) is 11.1 Å². The van der Waals surface area contributed by atoms with Crippen LogP contribution in [0.3, 0.4) is 0 Å². The summed E-state index contributed by atoms with van der Waals surface area (Å²) in [6, 6.07) is 3.63. The maximum Gasteiger partial charge on any atom is 0.338 e. The van der Waals surface area contributed by atoms with Crippen molar-refractivity contribution in [2.24, 2.45) is 0 Å². The Morgan fingerprint density at radius 3 is 2.47 bits per heavy atom. The highest BCUT2D eigenvalue weighted by molar-refractivity contribution is 6.39. The van der Waals surface area contributed by atoms with Crippen molar-refractivity contribution in [1.82, 2.24) is 0 Å². The zero-order valence-corrected chi connectivity index (χ0v) is 10.9. The molecule has 2 rings (SSSR count). The topological polar surface area (TPSA) is 62.5 Å². The van der Waals surface area contributed by atoms with Crippen LogP contribution in [0.4, 0.5) is 10.1 Å². The number of carboxylic acid groups (broad SMARTS) is 1. The number of hydrogen-bond donors (Lipinski definition) is 2. The summed E-state index contributed by atoms with van der Waals surface area (Å²) >= 11 is 11.7. The SMILES string of the molecule is O=C(O)c1coc(CNc2c(Cl)cc(F)cc2Cl)c1. The van der Waals surface area contributed by atoms with E-state index in [1.54, 1.807) is 0 Å². The lowest BCUT2D eigenvalue weighted by molar-refractivity contribution is 0.0696. The predicted molar refractivity (Wildman–Crippen MR) is 69.4 cm³/mol. The fourth-order valence-electron chi connectivity index (χ4n) is 1.47. The van der Waals surface area contributed by atoms with Gasteiger partial charge in [-0.3, -0.25) is 0 Å². The number of hydrogen-bond acceptors (Lipinski definition) is 3. The van der Waals surface area contributed by atoms with E-state index in [-0.39, 0.29) is 22.2 Å². The first-order valence-electron chi connectivity index (χ1n) is 5.16. The molecule has 1 heterocycles. The van der Waals surface area contributed by atoms with Crippen LogP contribution in [0.25, 0.3) is 0 Å². The molecule has 7 heteroatoms. The minimum absolute atomic E-state index is 0.0492. The zero-order valence-electron chi connectivity index (χ0n) is 9.41. The number of carbonyl (C=O) groups is 1. The summed E-state index contributed by atoms with van der Waals surface area (Å²) in [4.78, 5) is 10.7. The fourth-order valence-corrected chi connectivity index (χ4v) is 2.07. The van der Waals surface area contributed by atoms with Crippen molar-refractivity contribution in [1.29, 1.82) is 0 Å². The van der Waals surface area contributed by atoms with Gasteiger partial charge in [0.2, 0.25) is 0 Å². The maximum absolute atomic E-state index is 13.0. The molecule has 0 saturated carbocycles. The summed E-state index contributed by atoms with van der Waals surface area (Å²) in [7, 11) is 0. The standard InChI is InChI=1S/C12H8Cl2FNO3/c13-9-2-7(15)3-10(14)11(9)16-4-8-1-6(5-19-8)12(17)18/h1-3,5,16H,4H2,(H,17,18). The van der Waals surface area contributed by atoms with Gasteiger partial charge < -0.3 is 14.8 Å². The third kappa shape index (κ3) is 3.19. The summed E-state index contributed by atoms with van der Waals surface area (Å²) in [5, 5.41) is 11.9. The van der Waals surface area contributed by atoms with Crippen molar-refractivity contribution in [3.8, 4) is 0 Å². The molecule has 2 aromatic rings. The van der Waals surface area contributed by atoms with Crippen molar-refractivity contribution >= 4 is 34.9 Å². The van der Waals surface area contributed by atoms with Gasteiger partial charge in [0.25, 0.3) is 0 Å². The summed E-state index contributed by atoms with van der Waals surface area (Å²) in [5.41, 5.74) is 0.408. The van der Waals surface area contributed by atoms with E-state index in [1.165, 1.54) is 6.07 Å². The lowest BCUT2D eigenvalue weighted by Gasteiger charge is -2.09. The number of nitrogens with one attached hydrogen (secondary N) is 1. The molecular formula is C12H8Cl2FNO3. The van der Waals surface area contributed by atoms with E-state index in [2.05, 4.69) is 5.32 Å². The molecule has 1 aromatic heterocycles. The lowest BCUT2D eigenvalue weighted by Crippen LogP contribution is -2.00. The van der Waals surface area contributed by atoms with Gasteiger partial charge in [0.1, 0.15) is 17.8 Å². The maximum atomic E-state index is 13.0. The second kappa shape index (κ2) is 5.50. The molecule has 0 radical (unpaired) electrons. The van der Waals surface area contributed by atoms with E-state index in [0.717, 1.165) is 18.4 Å². The van der Waals surface area contributed by atoms with E-state index in [9.17, 15) is 9.18 Å². The van der Waals surface area contributed by atoms with E-state index in [1.807, 2.05) is 0 Å². The van der Waals surface area contributed by atoms with Gasteiger partial charge in [-0.1, -0.05) is 23.2 Å². The van der Waals surface area contributed by atoms with Gasteiger partial charge in [-0.25, -0.2) is 9.18 Å². The normalized spacial score (nSPS) is 10.5. The molecule has 0 spiro atoms. The van der Waals surface area contributed by atoms with Crippen LogP contribution >= 0.6 is 23.2 Å². The van der Waals surface area contributed by atoms with E-state index in [4.69, 9.17) is 32.7 Å². The minimum Gasteiger partial charge on any atom is -0.478 e. The quantitative estimate of drug-likeness (QED) is 0.895. The summed E-state index contributed by atoms with van der Waals surface area (Å²) in [6.07, 6.45) is 1.13. The second-order valence-electron chi connectivity index (χ2n) is 3.70. The molecule has 0 atom stereocenters. The molecule has 19 heavy (non-hydrogen) atoms. The van der Waals surface area contributed by atoms with Crippen molar-refractivity contribution in [2.75, 3.05) is 5.32 Å². The van der Waals surface area contributed by atoms with Gasteiger partial charge in [0.15, 0.2) is 0 Å². The highest BCUT2D eigenvalue weighted by atomic mass is 35.5. The molecule has 4 nitrogen and oxygen atoms in total. The number of rotatable bonds is 4. The van der Waals surface area contributed by atoms with Gasteiger partial charge in [-0.15, -0.1) is 0 Å². The molecule has 0 aliphatic carbocycles. The molecule has 2 N–H and O–H groups in total. The molecule has 100 valence electrons. The van der Waals surface area contributed by atoms with Crippen LogP contribution in [0, 0.1) is 5.82 Å². The van der Waals surface area contributed by atoms with Crippen LogP contribution in [-0.2, 0) is 6.54 Å². The third-order valence-corrected chi connectivity index (χ3v) is 2.94. The average molecular weight is 304 g/mol. The summed E-state index contributed by atoms with van der Waals surface area (Å²) in [5.74, 6) is -1.21. The van der Waals surface area contributed by atoms with Crippen LogP contribution in [0.2, 0.25) is 10.0 Å². The monoisotopic (exact) mass is 303 g/mol. The van der Waals surface area contributed by atoms with Crippen molar-refractivity contribution in [3.05, 3.63) is 51.6 Å². The first-order valence-corrected chi connectivity index (χ1v) is 5.92. The minimum atomic E-state index is -1.08. The van der Waals surface area contributed by atoms with Crippen LogP contribution in [0.15, 0.2) is 28.9 Å². The lowest BCUT2D eigenvalue weighted by atomic mass is 10.3. The van der Waals surface area contributed by atoms with Crippen molar-refractivity contribution in [2.45, 2.75) is 6.54 Å². The first kappa shape index (κ1) is 13.7. The van der Waals surface area contributed by atoms with E-state index >= 15 is 0 Å². The average Bonchev–Trinajstić information content (AvgIpc) is 2.76. The molecule has 0 aliphatic heterocycles. The fraction of sp³-hybridized carbons (Fsp3) is 0.0833. The largest absolute Gasteiger partial charge is 0.478 e. The Bertz CT molecular complexity index is 604. The highest BCUT2D eigenvalue weighted by Crippen LogP contribution is 2.31. The van der Waals surface area contributed by atoms with Gasteiger partial charge >= 0.3 is 5.97 Å². The summed E-state index contributed by atoms with van der Waals surface area (Å²) < 4.78 is 18.0. The van der Waals surface area contributed by atoms with Gasteiger partial charge in [0.05, 0.1) is 27.8 Å². The zero-order chi connectivity index (χ0) is 14.0. The molecule has 0 fully saturated rings. The molecule has 0 unspecified atom stereocenters. The Morgan fingerprint density at radius 1 is 1.32 bits per heavy atom. The van der Waals surface area contributed by atoms with Crippen molar-refractivity contribution < 1.29 is 18.7 Å². The molecule has 0 amide bonds. The Morgan fingerprint density at radius 2 is 1.95 bits per heavy atom.